The number of halogens is 2. The summed E-state index contributed by atoms with van der Waals surface area (Å²) < 4.78 is 13.2. The van der Waals surface area contributed by atoms with Gasteiger partial charge < -0.3 is 10.8 Å². The van der Waals surface area contributed by atoms with Crippen LogP contribution in [0.4, 0.5) is 4.39 Å². The summed E-state index contributed by atoms with van der Waals surface area (Å²) in [6.45, 7) is 0. The number of hydrogen-bond donors (Lipinski definition) is 2. The van der Waals surface area contributed by atoms with Gasteiger partial charge in [-0.3, -0.25) is 4.79 Å². The number of nitrogens with two attached hydrogens (primary N) is 1. The van der Waals surface area contributed by atoms with E-state index in [0.29, 0.717) is 4.47 Å². The standard InChI is InChI=1S/C8H7BrFNO2/c9-5-1-4(2-6(10)3-5)7(11)8(12)13/h1-3,7H,11H2,(H,12,13)/t7-/m0/s1. The van der Waals surface area contributed by atoms with E-state index in [0.717, 1.165) is 6.07 Å². The number of hydrogen-bond acceptors (Lipinski definition) is 2. The van der Waals surface area contributed by atoms with Gasteiger partial charge in [-0.2, -0.15) is 0 Å². The summed E-state index contributed by atoms with van der Waals surface area (Å²) in [6.07, 6.45) is 0. The van der Waals surface area contributed by atoms with E-state index < -0.39 is 17.8 Å². The van der Waals surface area contributed by atoms with Crippen LogP contribution in [0.1, 0.15) is 11.6 Å². The summed E-state index contributed by atoms with van der Waals surface area (Å²) in [4.78, 5) is 10.5. The molecule has 0 fully saturated rings. The van der Waals surface area contributed by atoms with E-state index in [-0.39, 0.29) is 5.56 Å². The van der Waals surface area contributed by atoms with Gasteiger partial charge in [-0.25, -0.2) is 4.39 Å². The number of carboxylic acid groups (broad SMARTS) is 1. The number of benzene rings is 1. The van der Waals surface area contributed by atoms with Crippen LogP contribution < -0.4 is 5.73 Å². The second-order valence-electron chi connectivity index (χ2n) is 2.52. The fourth-order valence-electron chi connectivity index (χ4n) is 0.897. The van der Waals surface area contributed by atoms with Crippen molar-refractivity contribution in [1.29, 1.82) is 0 Å². The van der Waals surface area contributed by atoms with E-state index in [9.17, 15) is 9.18 Å². The summed E-state index contributed by atoms with van der Waals surface area (Å²) in [7, 11) is 0. The van der Waals surface area contributed by atoms with Crippen molar-refractivity contribution in [1.82, 2.24) is 0 Å². The lowest BCUT2D eigenvalue weighted by Gasteiger charge is -2.06. The third kappa shape index (κ3) is 2.50. The van der Waals surface area contributed by atoms with Gasteiger partial charge >= 0.3 is 5.97 Å². The molecule has 3 nitrogen and oxygen atoms in total. The van der Waals surface area contributed by atoms with Gasteiger partial charge in [0.1, 0.15) is 11.9 Å². The Morgan fingerprint density at radius 1 is 1.54 bits per heavy atom. The van der Waals surface area contributed by atoms with Crippen LogP contribution in [-0.4, -0.2) is 11.1 Å². The molecule has 1 rings (SSSR count). The predicted octanol–water partition coefficient (Wildman–Crippen LogP) is 1.67. The minimum atomic E-state index is -1.19. The number of rotatable bonds is 2. The van der Waals surface area contributed by atoms with Crippen molar-refractivity contribution in [2.24, 2.45) is 5.73 Å². The number of carbonyl (C=O) groups is 1. The van der Waals surface area contributed by atoms with E-state index in [4.69, 9.17) is 10.8 Å². The Morgan fingerprint density at radius 2 is 2.15 bits per heavy atom. The number of aliphatic carboxylic acids is 1. The van der Waals surface area contributed by atoms with E-state index in [1.54, 1.807) is 0 Å². The van der Waals surface area contributed by atoms with Crippen molar-refractivity contribution < 1.29 is 14.3 Å². The molecule has 0 aromatic heterocycles. The van der Waals surface area contributed by atoms with Crippen LogP contribution in [0.15, 0.2) is 22.7 Å². The first-order chi connectivity index (χ1) is 6.00. The second kappa shape index (κ2) is 3.85. The molecule has 1 atom stereocenters. The third-order valence-corrected chi connectivity index (χ3v) is 1.97. The molecule has 1 aromatic rings. The summed E-state index contributed by atoms with van der Waals surface area (Å²) in [5.41, 5.74) is 5.52. The first-order valence-corrected chi connectivity index (χ1v) is 4.24. The maximum Gasteiger partial charge on any atom is 0.325 e. The van der Waals surface area contributed by atoms with Gasteiger partial charge in [-0.1, -0.05) is 15.9 Å². The van der Waals surface area contributed by atoms with Gasteiger partial charge in [0.15, 0.2) is 0 Å². The van der Waals surface area contributed by atoms with Crippen molar-refractivity contribution in [3.8, 4) is 0 Å². The van der Waals surface area contributed by atoms with E-state index in [1.165, 1.54) is 12.1 Å². The van der Waals surface area contributed by atoms with Gasteiger partial charge in [-0.05, 0) is 23.8 Å². The molecule has 1 aromatic carbocycles. The van der Waals surface area contributed by atoms with Crippen LogP contribution in [-0.2, 0) is 4.79 Å². The molecule has 3 N–H and O–H groups in total. The lowest BCUT2D eigenvalue weighted by molar-refractivity contribution is -0.138. The predicted molar refractivity (Wildman–Crippen MR) is 48.7 cm³/mol. The molecule has 0 amide bonds. The Kier molecular flexibility index (Phi) is 3.00. The van der Waals surface area contributed by atoms with Gasteiger partial charge in [0.25, 0.3) is 0 Å². The molecule has 0 aliphatic heterocycles. The lowest BCUT2D eigenvalue weighted by atomic mass is 10.1. The van der Waals surface area contributed by atoms with E-state index >= 15 is 0 Å². The van der Waals surface area contributed by atoms with E-state index in [1.807, 2.05) is 0 Å². The highest BCUT2D eigenvalue weighted by Crippen LogP contribution is 2.19. The fourth-order valence-corrected chi connectivity index (χ4v) is 1.38. The molecule has 0 heterocycles. The summed E-state index contributed by atoms with van der Waals surface area (Å²) >= 11 is 3.04. The van der Waals surface area contributed by atoms with E-state index in [2.05, 4.69) is 15.9 Å². The molecular formula is C8H7BrFNO2. The molecule has 5 heteroatoms. The zero-order valence-corrected chi connectivity index (χ0v) is 8.08. The van der Waals surface area contributed by atoms with Crippen LogP contribution in [0, 0.1) is 5.82 Å². The van der Waals surface area contributed by atoms with Crippen molar-refractivity contribution in [3.63, 3.8) is 0 Å². The molecule has 0 saturated carbocycles. The van der Waals surface area contributed by atoms with Crippen LogP contribution in [0.5, 0.6) is 0 Å². The monoisotopic (exact) mass is 247 g/mol. The minimum Gasteiger partial charge on any atom is -0.480 e. The molecule has 13 heavy (non-hydrogen) atoms. The quantitative estimate of drug-likeness (QED) is 0.836. The molecule has 0 aliphatic rings. The molecule has 0 bridgehead atoms. The Labute approximate surface area is 82.5 Å². The fraction of sp³-hybridized carbons (Fsp3) is 0.125. The van der Waals surface area contributed by atoms with Crippen LogP contribution in [0.2, 0.25) is 0 Å². The topological polar surface area (TPSA) is 63.3 Å². The third-order valence-electron chi connectivity index (χ3n) is 1.51. The molecule has 0 radical (unpaired) electrons. The Hall–Kier alpha value is -0.940. The van der Waals surface area contributed by atoms with Crippen molar-refractivity contribution in [2.75, 3.05) is 0 Å². The first-order valence-electron chi connectivity index (χ1n) is 3.45. The minimum absolute atomic E-state index is 0.236. The van der Waals surface area contributed by atoms with Crippen molar-refractivity contribution >= 4 is 21.9 Å². The smallest absolute Gasteiger partial charge is 0.325 e. The average molecular weight is 248 g/mol. The summed E-state index contributed by atoms with van der Waals surface area (Å²) in [5.74, 6) is -1.70. The number of carboxylic acids is 1. The molecule has 0 saturated heterocycles. The lowest BCUT2D eigenvalue weighted by Crippen LogP contribution is -2.20. The molecular weight excluding hydrogens is 241 g/mol. The second-order valence-corrected chi connectivity index (χ2v) is 3.43. The van der Waals surface area contributed by atoms with Crippen LogP contribution >= 0.6 is 15.9 Å². The summed E-state index contributed by atoms with van der Waals surface area (Å²) in [5, 5.41) is 8.55. The van der Waals surface area contributed by atoms with Crippen LogP contribution in [0.3, 0.4) is 0 Å². The molecule has 0 aliphatic carbocycles. The SMILES string of the molecule is N[C@H](C(=O)O)c1cc(F)cc(Br)c1. The van der Waals surface area contributed by atoms with Gasteiger partial charge in [0.05, 0.1) is 0 Å². The van der Waals surface area contributed by atoms with Gasteiger partial charge in [0.2, 0.25) is 0 Å². The zero-order valence-electron chi connectivity index (χ0n) is 6.50. The normalized spacial score (nSPS) is 12.5. The Morgan fingerprint density at radius 3 is 2.62 bits per heavy atom. The van der Waals surface area contributed by atoms with Gasteiger partial charge in [-0.15, -0.1) is 0 Å². The highest BCUT2D eigenvalue weighted by Gasteiger charge is 2.15. The molecule has 0 unspecified atom stereocenters. The van der Waals surface area contributed by atoms with Gasteiger partial charge in [0, 0.05) is 4.47 Å². The highest BCUT2D eigenvalue weighted by atomic mass is 79.9. The van der Waals surface area contributed by atoms with Crippen LogP contribution in [0.25, 0.3) is 0 Å². The highest BCUT2D eigenvalue weighted by molar-refractivity contribution is 9.10. The zero-order chi connectivity index (χ0) is 10.0. The Balaban J connectivity index is 3.07. The molecule has 70 valence electrons. The maximum atomic E-state index is 12.8. The van der Waals surface area contributed by atoms with Crippen molar-refractivity contribution in [3.05, 3.63) is 34.1 Å². The first kappa shape index (κ1) is 10.1. The average Bonchev–Trinajstić information content (AvgIpc) is 2.01. The summed E-state index contributed by atoms with van der Waals surface area (Å²) in [6, 6.07) is 2.62. The molecule has 0 spiro atoms. The maximum absolute atomic E-state index is 12.8. The Bertz CT molecular complexity index is 323. The van der Waals surface area contributed by atoms with Crippen molar-refractivity contribution in [2.45, 2.75) is 6.04 Å². The largest absolute Gasteiger partial charge is 0.480 e.